The van der Waals surface area contributed by atoms with Gasteiger partial charge in [-0.25, -0.2) is 0 Å². The molecule has 0 bridgehead atoms. The first-order valence-electron chi connectivity index (χ1n) is 7.77. The van der Waals surface area contributed by atoms with E-state index in [1.165, 1.54) is 5.56 Å². The lowest BCUT2D eigenvalue weighted by molar-refractivity contribution is 0.271. The summed E-state index contributed by atoms with van der Waals surface area (Å²) >= 11 is 0. The smallest absolute Gasteiger partial charge is 0.121 e. The standard InChI is InChI=1S/C19H25NO2/c1-15(2)14-22-19-6-4-5-17(13-19)20-12-11-16-7-9-18(21-3)10-8-16/h4-10,13,15,20H,11-12,14H2,1-3H3. The van der Waals surface area contributed by atoms with Crippen LogP contribution in [0, 0.1) is 5.92 Å². The minimum atomic E-state index is 0.534. The van der Waals surface area contributed by atoms with Crippen molar-refractivity contribution in [3.63, 3.8) is 0 Å². The number of hydrogen-bond donors (Lipinski definition) is 1. The Morgan fingerprint density at radius 3 is 2.45 bits per heavy atom. The minimum absolute atomic E-state index is 0.534. The molecule has 2 aromatic rings. The van der Waals surface area contributed by atoms with Gasteiger partial charge < -0.3 is 14.8 Å². The van der Waals surface area contributed by atoms with E-state index in [1.54, 1.807) is 7.11 Å². The van der Waals surface area contributed by atoms with Gasteiger partial charge >= 0.3 is 0 Å². The molecule has 0 aliphatic rings. The van der Waals surface area contributed by atoms with Gasteiger partial charge in [0.1, 0.15) is 11.5 Å². The maximum atomic E-state index is 5.74. The molecule has 3 nitrogen and oxygen atoms in total. The lowest BCUT2D eigenvalue weighted by Crippen LogP contribution is -2.06. The molecule has 0 saturated heterocycles. The second kappa shape index (κ2) is 8.32. The molecule has 22 heavy (non-hydrogen) atoms. The molecular formula is C19H25NO2. The summed E-state index contributed by atoms with van der Waals surface area (Å²) in [4.78, 5) is 0. The third-order valence-electron chi connectivity index (χ3n) is 3.32. The van der Waals surface area contributed by atoms with E-state index in [-0.39, 0.29) is 0 Å². The van der Waals surface area contributed by atoms with Crippen molar-refractivity contribution in [1.82, 2.24) is 0 Å². The topological polar surface area (TPSA) is 30.5 Å². The summed E-state index contributed by atoms with van der Waals surface area (Å²) in [6, 6.07) is 16.3. The van der Waals surface area contributed by atoms with Crippen LogP contribution in [0.2, 0.25) is 0 Å². The summed E-state index contributed by atoms with van der Waals surface area (Å²) in [5.74, 6) is 2.35. The van der Waals surface area contributed by atoms with Gasteiger partial charge in [0, 0.05) is 18.3 Å². The molecule has 0 aliphatic heterocycles. The summed E-state index contributed by atoms with van der Waals surface area (Å²) in [6.45, 7) is 5.93. The zero-order valence-corrected chi connectivity index (χ0v) is 13.6. The first-order chi connectivity index (χ1) is 10.7. The largest absolute Gasteiger partial charge is 0.497 e. The van der Waals surface area contributed by atoms with E-state index in [1.807, 2.05) is 24.3 Å². The molecule has 1 N–H and O–H groups in total. The molecule has 3 heteroatoms. The zero-order chi connectivity index (χ0) is 15.8. The lowest BCUT2D eigenvalue weighted by atomic mass is 10.1. The normalized spacial score (nSPS) is 10.5. The van der Waals surface area contributed by atoms with Crippen LogP contribution in [-0.2, 0) is 6.42 Å². The summed E-state index contributed by atoms with van der Waals surface area (Å²) in [7, 11) is 1.69. The summed E-state index contributed by atoms with van der Waals surface area (Å²) in [5.41, 5.74) is 2.38. The zero-order valence-electron chi connectivity index (χ0n) is 13.6. The maximum Gasteiger partial charge on any atom is 0.121 e. The third kappa shape index (κ3) is 5.32. The highest BCUT2D eigenvalue weighted by atomic mass is 16.5. The maximum absolute atomic E-state index is 5.74. The number of anilines is 1. The molecular weight excluding hydrogens is 274 g/mol. The average Bonchev–Trinajstić information content (AvgIpc) is 2.54. The number of methoxy groups -OCH3 is 1. The minimum Gasteiger partial charge on any atom is -0.497 e. The molecule has 0 spiro atoms. The second-order valence-corrected chi connectivity index (χ2v) is 5.76. The molecule has 0 fully saturated rings. The molecule has 2 rings (SSSR count). The molecule has 118 valence electrons. The van der Waals surface area contributed by atoms with Crippen LogP contribution in [0.5, 0.6) is 11.5 Å². The average molecular weight is 299 g/mol. The number of nitrogens with one attached hydrogen (secondary N) is 1. The molecule has 0 aliphatic carbocycles. The van der Waals surface area contributed by atoms with Gasteiger partial charge in [0.15, 0.2) is 0 Å². The second-order valence-electron chi connectivity index (χ2n) is 5.76. The van der Waals surface area contributed by atoms with Crippen molar-refractivity contribution in [2.45, 2.75) is 20.3 Å². The quantitative estimate of drug-likeness (QED) is 0.784. The number of benzene rings is 2. The Kier molecular flexibility index (Phi) is 6.13. The van der Waals surface area contributed by atoms with Gasteiger partial charge in [-0.1, -0.05) is 32.0 Å². The van der Waals surface area contributed by atoms with Crippen LogP contribution in [0.15, 0.2) is 48.5 Å². The van der Waals surface area contributed by atoms with Gasteiger partial charge in [-0.3, -0.25) is 0 Å². The lowest BCUT2D eigenvalue weighted by Gasteiger charge is -2.11. The summed E-state index contributed by atoms with van der Waals surface area (Å²) < 4.78 is 10.9. The number of ether oxygens (including phenoxy) is 2. The van der Waals surface area contributed by atoms with Crippen LogP contribution in [-0.4, -0.2) is 20.3 Å². The fourth-order valence-electron chi connectivity index (χ4n) is 2.10. The highest BCUT2D eigenvalue weighted by Gasteiger charge is 2.00. The molecule has 0 saturated carbocycles. The Morgan fingerprint density at radius 1 is 1.00 bits per heavy atom. The van der Waals surface area contributed by atoms with E-state index in [2.05, 4.69) is 43.4 Å². The predicted octanol–water partition coefficient (Wildman–Crippen LogP) is 4.38. The first kappa shape index (κ1) is 16.2. The Hall–Kier alpha value is -2.16. The predicted molar refractivity (Wildman–Crippen MR) is 92.0 cm³/mol. The number of hydrogen-bond acceptors (Lipinski definition) is 3. The first-order valence-corrected chi connectivity index (χ1v) is 7.77. The van der Waals surface area contributed by atoms with Crippen molar-refractivity contribution in [2.75, 3.05) is 25.6 Å². The van der Waals surface area contributed by atoms with Crippen molar-refractivity contribution < 1.29 is 9.47 Å². The molecule has 0 radical (unpaired) electrons. The van der Waals surface area contributed by atoms with Crippen LogP contribution >= 0.6 is 0 Å². The van der Waals surface area contributed by atoms with Crippen molar-refractivity contribution in [3.8, 4) is 11.5 Å². The molecule has 0 aromatic heterocycles. The highest BCUT2D eigenvalue weighted by molar-refractivity contribution is 5.48. The summed E-state index contributed by atoms with van der Waals surface area (Å²) in [5, 5.41) is 3.44. The fourth-order valence-corrected chi connectivity index (χ4v) is 2.10. The molecule has 0 atom stereocenters. The Morgan fingerprint density at radius 2 is 1.77 bits per heavy atom. The Balaban J connectivity index is 1.81. The Bertz CT molecular complexity index is 564. The van der Waals surface area contributed by atoms with Gasteiger partial charge in [0.25, 0.3) is 0 Å². The fraction of sp³-hybridized carbons (Fsp3) is 0.368. The van der Waals surface area contributed by atoms with Gasteiger partial charge in [-0.15, -0.1) is 0 Å². The van der Waals surface area contributed by atoms with Gasteiger partial charge in [0.2, 0.25) is 0 Å². The molecule has 2 aromatic carbocycles. The van der Waals surface area contributed by atoms with Crippen LogP contribution in [0.4, 0.5) is 5.69 Å². The van der Waals surface area contributed by atoms with Crippen molar-refractivity contribution in [2.24, 2.45) is 5.92 Å². The van der Waals surface area contributed by atoms with E-state index < -0.39 is 0 Å². The van der Waals surface area contributed by atoms with Crippen molar-refractivity contribution in [3.05, 3.63) is 54.1 Å². The van der Waals surface area contributed by atoms with Gasteiger partial charge in [-0.05, 0) is 42.2 Å². The van der Waals surface area contributed by atoms with E-state index in [0.29, 0.717) is 5.92 Å². The van der Waals surface area contributed by atoms with Crippen LogP contribution < -0.4 is 14.8 Å². The van der Waals surface area contributed by atoms with Crippen molar-refractivity contribution in [1.29, 1.82) is 0 Å². The van der Waals surface area contributed by atoms with Crippen molar-refractivity contribution >= 4 is 5.69 Å². The Labute approximate surface area is 133 Å². The molecule has 0 amide bonds. The van der Waals surface area contributed by atoms with Crippen LogP contribution in [0.3, 0.4) is 0 Å². The molecule has 0 unspecified atom stereocenters. The van der Waals surface area contributed by atoms with E-state index in [0.717, 1.165) is 36.8 Å². The third-order valence-corrected chi connectivity index (χ3v) is 3.32. The SMILES string of the molecule is COc1ccc(CCNc2cccc(OCC(C)C)c2)cc1. The van der Waals surface area contributed by atoms with Gasteiger partial charge in [0.05, 0.1) is 13.7 Å². The highest BCUT2D eigenvalue weighted by Crippen LogP contribution is 2.18. The van der Waals surface area contributed by atoms with Crippen LogP contribution in [0.1, 0.15) is 19.4 Å². The van der Waals surface area contributed by atoms with E-state index in [4.69, 9.17) is 9.47 Å². The van der Waals surface area contributed by atoms with E-state index >= 15 is 0 Å². The van der Waals surface area contributed by atoms with E-state index in [9.17, 15) is 0 Å². The molecule has 0 heterocycles. The van der Waals surface area contributed by atoms with Crippen LogP contribution in [0.25, 0.3) is 0 Å². The summed E-state index contributed by atoms with van der Waals surface area (Å²) in [6.07, 6.45) is 0.973. The number of rotatable bonds is 8. The van der Waals surface area contributed by atoms with Gasteiger partial charge in [-0.2, -0.15) is 0 Å². The monoisotopic (exact) mass is 299 g/mol.